The van der Waals surface area contributed by atoms with Gasteiger partial charge in [0.1, 0.15) is 0 Å². The zero-order valence-corrected chi connectivity index (χ0v) is 11.8. The topological polar surface area (TPSA) is 64.3 Å². The lowest BCUT2D eigenvalue weighted by Gasteiger charge is -2.28. The molecule has 1 saturated carbocycles. The Bertz CT molecular complexity index is 246. The average molecular weight is 256 g/mol. The summed E-state index contributed by atoms with van der Waals surface area (Å²) in [6.07, 6.45) is 7.28. The van der Waals surface area contributed by atoms with Crippen LogP contribution in [0.1, 0.15) is 52.4 Å². The van der Waals surface area contributed by atoms with Crippen molar-refractivity contribution >= 4 is 5.91 Å². The van der Waals surface area contributed by atoms with Crippen molar-refractivity contribution in [2.75, 3.05) is 13.2 Å². The Morgan fingerprint density at radius 1 is 1.44 bits per heavy atom. The average Bonchev–Trinajstić information content (AvgIpc) is 2.38. The number of rotatable bonds is 8. The van der Waals surface area contributed by atoms with Crippen LogP contribution >= 0.6 is 0 Å². The summed E-state index contributed by atoms with van der Waals surface area (Å²) in [5, 5.41) is 3.09. The second kappa shape index (κ2) is 8.48. The fraction of sp³-hybridized carbons (Fsp3) is 0.929. The maximum Gasteiger partial charge on any atom is 0.234 e. The van der Waals surface area contributed by atoms with Gasteiger partial charge in [0.2, 0.25) is 5.91 Å². The number of carbonyl (C=O) groups excluding carboxylic acids is 1. The fourth-order valence-corrected chi connectivity index (χ4v) is 2.71. The van der Waals surface area contributed by atoms with E-state index in [1.54, 1.807) is 0 Å². The quantitative estimate of drug-likeness (QED) is 0.696. The SMILES string of the molecule is CCNC(CCOC1CCCC(CC)C1)C(N)=O. The van der Waals surface area contributed by atoms with Gasteiger partial charge in [0.15, 0.2) is 0 Å². The van der Waals surface area contributed by atoms with Gasteiger partial charge in [-0.05, 0) is 31.7 Å². The molecule has 1 fully saturated rings. The third-order valence-electron chi connectivity index (χ3n) is 3.87. The monoisotopic (exact) mass is 256 g/mol. The first-order valence-electron chi connectivity index (χ1n) is 7.31. The first-order chi connectivity index (χ1) is 8.67. The van der Waals surface area contributed by atoms with E-state index >= 15 is 0 Å². The molecule has 0 radical (unpaired) electrons. The summed E-state index contributed by atoms with van der Waals surface area (Å²) in [6.45, 7) is 5.61. The number of likely N-dealkylation sites (N-methyl/N-ethyl adjacent to an activating group) is 1. The first kappa shape index (κ1) is 15.4. The molecule has 0 bridgehead atoms. The van der Waals surface area contributed by atoms with Crippen molar-refractivity contribution in [3.63, 3.8) is 0 Å². The van der Waals surface area contributed by atoms with Crippen LogP contribution in [0.2, 0.25) is 0 Å². The van der Waals surface area contributed by atoms with Crippen LogP contribution in [-0.2, 0) is 9.53 Å². The van der Waals surface area contributed by atoms with Crippen LogP contribution in [0.15, 0.2) is 0 Å². The lowest BCUT2D eigenvalue weighted by Crippen LogP contribution is -2.42. The first-order valence-corrected chi connectivity index (χ1v) is 7.31. The van der Waals surface area contributed by atoms with E-state index in [1.807, 2.05) is 6.92 Å². The van der Waals surface area contributed by atoms with E-state index in [0.717, 1.165) is 12.5 Å². The molecule has 0 spiro atoms. The molecule has 1 aliphatic carbocycles. The Morgan fingerprint density at radius 2 is 2.22 bits per heavy atom. The third-order valence-corrected chi connectivity index (χ3v) is 3.87. The molecule has 3 atom stereocenters. The van der Waals surface area contributed by atoms with Gasteiger partial charge in [0, 0.05) is 6.61 Å². The Morgan fingerprint density at radius 3 is 2.83 bits per heavy atom. The van der Waals surface area contributed by atoms with Gasteiger partial charge in [-0.1, -0.05) is 33.1 Å². The van der Waals surface area contributed by atoms with E-state index in [9.17, 15) is 4.79 Å². The van der Waals surface area contributed by atoms with Crippen molar-refractivity contribution in [2.24, 2.45) is 11.7 Å². The highest BCUT2D eigenvalue weighted by Crippen LogP contribution is 2.28. The van der Waals surface area contributed by atoms with Crippen LogP contribution in [0.3, 0.4) is 0 Å². The van der Waals surface area contributed by atoms with E-state index in [0.29, 0.717) is 19.1 Å². The fourth-order valence-electron chi connectivity index (χ4n) is 2.71. The predicted octanol–water partition coefficient (Wildman–Crippen LogP) is 1.83. The van der Waals surface area contributed by atoms with Crippen LogP contribution in [0.5, 0.6) is 0 Å². The van der Waals surface area contributed by atoms with E-state index < -0.39 is 0 Å². The number of hydrogen-bond donors (Lipinski definition) is 2. The molecule has 0 saturated heterocycles. The zero-order chi connectivity index (χ0) is 13.4. The summed E-state index contributed by atoms with van der Waals surface area (Å²) < 4.78 is 5.89. The number of amides is 1. The molecule has 3 unspecified atom stereocenters. The standard InChI is InChI=1S/C14H28N2O2/c1-3-11-6-5-7-12(10-11)18-9-8-13(14(15)17)16-4-2/h11-13,16H,3-10H2,1-2H3,(H2,15,17). The molecule has 1 rings (SSSR count). The summed E-state index contributed by atoms with van der Waals surface area (Å²) in [5.74, 6) is 0.542. The van der Waals surface area contributed by atoms with E-state index in [-0.39, 0.29) is 11.9 Å². The van der Waals surface area contributed by atoms with Crippen molar-refractivity contribution in [1.29, 1.82) is 0 Å². The second-order valence-corrected chi connectivity index (χ2v) is 5.23. The number of nitrogens with one attached hydrogen (secondary N) is 1. The van der Waals surface area contributed by atoms with Crippen molar-refractivity contribution in [2.45, 2.75) is 64.5 Å². The largest absolute Gasteiger partial charge is 0.378 e. The van der Waals surface area contributed by atoms with E-state index in [2.05, 4.69) is 12.2 Å². The van der Waals surface area contributed by atoms with Crippen molar-refractivity contribution in [3.8, 4) is 0 Å². The van der Waals surface area contributed by atoms with Gasteiger partial charge in [-0.2, -0.15) is 0 Å². The van der Waals surface area contributed by atoms with Crippen LogP contribution in [-0.4, -0.2) is 31.2 Å². The molecule has 1 aliphatic rings. The Balaban J connectivity index is 2.21. The molecule has 0 aromatic heterocycles. The summed E-state index contributed by atoms with van der Waals surface area (Å²) in [7, 11) is 0. The predicted molar refractivity (Wildman–Crippen MR) is 73.3 cm³/mol. The van der Waals surface area contributed by atoms with Crippen molar-refractivity contribution < 1.29 is 9.53 Å². The molecule has 3 N–H and O–H groups in total. The van der Waals surface area contributed by atoms with Crippen LogP contribution in [0, 0.1) is 5.92 Å². The van der Waals surface area contributed by atoms with Crippen LogP contribution < -0.4 is 11.1 Å². The van der Waals surface area contributed by atoms with E-state index in [4.69, 9.17) is 10.5 Å². The molecule has 0 aliphatic heterocycles. The minimum atomic E-state index is -0.282. The summed E-state index contributed by atoms with van der Waals surface area (Å²) in [4.78, 5) is 11.2. The molecule has 0 aromatic carbocycles. The summed E-state index contributed by atoms with van der Waals surface area (Å²) in [6, 6.07) is -0.249. The maximum absolute atomic E-state index is 11.2. The van der Waals surface area contributed by atoms with Gasteiger partial charge < -0.3 is 15.8 Å². The minimum Gasteiger partial charge on any atom is -0.378 e. The number of primary amides is 1. The highest BCUT2D eigenvalue weighted by Gasteiger charge is 2.22. The summed E-state index contributed by atoms with van der Waals surface area (Å²) in [5.41, 5.74) is 5.33. The molecule has 18 heavy (non-hydrogen) atoms. The Hall–Kier alpha value is -0.610. The molecule has 0 aromatic rings. The van der Waals surface area contributed by atoms with Gasteiger partial charge in [-0.15, -0.1) is 0 Å². The van der Waals surface area contributed by atoms with Crippen molar-refractivity contribution in [1.82, 2.24) is 5.32 Å². The van der Waals surface area contributed by atoms with Crippen LogP contribution in [0.25, 0.3) is 0 Å². The van der Waals surface area contributed by atoms with Gasteiger partial charge in [0.05, 0.1) is 12.1 Å². The second-order valence-electron chi connectivity index (χ2n) is 5.23. The Kier molecular flexibility index (Phi) is 7.28. The third kappa shape index (κ3) is 5.36. The number of ether oxygens (including phenoxy) is 1. The Labute approximate surface area is 111 Å². The number of hydrogen-bond acceptors (Lipinski definition) is 3. The van der Waals surface area contributed by atoms with Crippen LogP contribution in [0.4, 0.5) is 0 Å². The van der Waals surface area contributed by atoms with Gasteiger partial charge >= 0.3 is 0 Å². The van der Waals surface area contributed by atoms with Crippen molar-refractivity contribution in [3.05, 3.63) is 0 Å². The lowest BCUT2D eigenvalue weighted by atomic mass is 9.85. The molecule has 0 heterocycles. The van der Waals surface area contributed by atoms with Gasteiger partial charge in [0.25, 0.3) is 0 Å². The minimum absolute atomic E-state index is 0.249. The number of carbonyl (C=O) groups is 1. The normalized spacial score (nSPS) is 25.9. The highest BCUT2D eigenvalue weighted by molar-refractivity contribution is 5.79. The summed E-state index contributed by atoms with van der Waals surface area (Å²) >= 11 is 0. The van der Waals surface area contributed by atoms with Gasteiger partial charge in [-0.25, -0.2) is 0 Å². The molecular formula is C14H28N2O2. The molecular weight excluding hydrogens is 228 g/mol. The van der Waals surface area contributed by atoms with E-state index in [1.165, 1.54) is 32.1 Å². The molecule has 106 valence electrons. The highest BCUT2D eigenvalue weighted by atomic mass is 16.5. The number of nitrogens with two attached hydrogens (primary N) is 1. The zero-order valence-electron chi connectivity index (χ0n) is 11.8. The maximum atomic E-state index is 11.2. The lowest BCUT2D eigenvalue weighted by molar-refractivity contribution is -0.120. The molecule has 1 amide bonds. The molecule has 4 heteroatoms. The molecule has 4 nitrogen and oxygen atoms in total. The van der Waals surface area contributed by atoms with Gasteiger partial charge in [-0.3, -0.25) is 4.79 Å². The smallest absolute Gasteiger partial charge is 0.234 e.